The van der Waals surface area contributed by atoms with Gasteiger partial charge in [-0.1, -0.05) is 18.2 Å². The number of carbonyl (C=O) groups excluding carboxylic acids is 2. The smallest absolute Gasteiger partial charge is 0.363 e. The third-order valence-corrected chi connectivity index (χ3v) is 4.19. The van der Waals surface area contributed by atoms with Gasteiger partial charge in [0.1, 0.15) is 0 Å². The van der Waals surface area contributed by atoms with Crippen LogP contribution in [0.5, 0.6) is 17.2 Å². The molecule has 0 N–H and O–H groups in total. The zero-order chi connectivity index (χ0) is 21.0. The number of carbonyl (C=O) groups is 2. The topological polar surface area (TPSA) is 92.7 Å². The number of hydrogen-bond acceptors (Lipinski definition) is 8. The first-order chi connectivity index (χ1) is 14.0. The number of hydrogen-bond donors (Lipinski definition) is 0. The third-order valence-electron chi connectivity index (χ3n) is 4.19. The number of methoxy groups -OCH3 is 4. The van der Waals surface area contributed by atoms with Gasteiger partial charge in [0.25, 0.3) is 0 Å². The van der Waals surface area contributed by atoms with Crippen molar-refractivity contribution in [3.63, 3.8) is 0 Å². The van der Waals surface area contributed by atoms with E-state index < -0.39 is 11.9 Å². The maximum atomic E-state index is 12.3. The van der Waals surface area contributed by atoms with Crippen LogP contribution >= 0.6 is 0 Å². The van der Waals surface area contributed by atoms with E-state index in [1.165, 1.54) is 34.5 Å². The van der Waals surface area contributed by atoms with Crippen LogP contribution in [0.1, 0.15) is 21.5 Å². The molecular weight excluding hydrogens is 378 g/mol. The van der Waals surface area contributed by atoms with Crippen molar-refractivity contribution in [3.8, 4) is 17.2 Å². The second-order valence-corrected chi connectivity index (χ2v) is 5.83. The molecule has 0 fully saturated rings. The minimum Gasteiger partial charge on any atom is -0.493 e. The van der Waals surface area contributed by atoms with E-state index in [-0.39, 0.29) is 11.6 Å². The van der Waals surface area contributed by atoms with Gasteiger partial charge in [0.15, 0.2) is 17.2 Å². The van der Waals surface area contributed by atoms with Crippen LogP contribution in [0.4, 0.5) is 0 Å². The number of ether oxygens (including phenoxy) is 5. The summed E-state index contributed by atoms with van der Waals surface area (Å²) in [6.07, 6.45) is 1.47. The first-order valence-electron chi connectivity index (χ1n) is 8.52. The molecule has 0 atom stereocenters. The largest absolute Gasteiger partial charge is 0.493 e. The molecule has 2 aromatic rings. The number of benzene rings is 2. The van der Waals surface area contributed by atoms with Crippen LogP contribution in [0.15, 0.2) is 47.1 Å². The van der Waals surface area contributed by atoms with Gasteiger partial charge in [-0.3, -0.25) is 0 Å². The summed E-state index contributed by atoms with van der Waals surface area (Å²) >= 11 is 0. The fourth-order valence-electron chi connectivity index (χ4n) is 2.80. The summed E-state index contributed by atoms with van der Waals surface area (Å²) in [6, 6.07) is 9.97. The summed E-state index contributed by atoms with van der Waals surface area (Å²) in [5.74, 6) is 0.122. The van der Waals surface area contributed by atoms with Gasteiger partial charge in [0.2, 0.25) is 11.6 Å². The lowest BCUT2D eigenvalue weighted by molar-refractivity contribution is -0.129. The SMILES string of the molecule is COC(=O)c1ccccc1/C=C1\N=C(c2cc(OC)c(OC)c(OC)c2)OC1=O. The average Bonchev–Trinajstić information content (AvgIpc) is 3.12. The Kier molecular flexibility index (Phi) is 5.82. The minimum absolute atomic E-state index is 0.0464. The quantitative estimate of drug-likeness (QED) is 0.547. The predicted octanol–water partition coefficient (Wildman–Crippen LogP) is 2.84. The highest BCUT2D eigenvalue weighted by Crippen LogP contribution is 2.39. The van der Waals surface area contributed by atoms with E-state index in [1.54, 1.807) is 36.4 Å². The van der Waals surface area contributed by atoms with Crippen LogP contribution in [0.25, 0.3) is 6.08 Å². The highest BCUT2D eigenvalue weighted by atomic mass is 16.6. The molecule has 1 heterocycles. The standard InChI is InChI=1S/C21H19NO7/c1-25-16-10-13(11-17(26-2)18(16)27-3)19-22-15(21(24)29-19)9-12-7-5-6-8-14(12)20(23)28-4/h5-11H,1-4H3/b15-9-. The molecule has 0 bridgehead atoms. The Balaban J connectivity index is 2.04. The molecule has 29 heavy (non-hydrogen) atoms. The first kappa shape index (κ1) is 19.9. The number of esters is 2. The van der Waals surface area contributed by atoms with Gasteiger partial charge in [-0.2, -0.15) is 0 Å². The van der Waals surface area contributed by atoms with E-state index in [0.29, 0.717) is 33.9 Å². The molecule has 0 amide bonds. The molecule has 150 valence electrons. The highest BCUT2D eigenvalue weighted by molar-refractivity contribution is 6.13. The van der Waals surface area contributed by atoms with Crippen molar-refractivity contribution in [3.05, 3.63) is 58.8 Å². The molecule has 1 aliphatic heterocycles. The summed E-state index contributed by atoms with van der Waals surface area (Å²) in [6.45, 7) is 0. The van der Waals surface area contributed by atoms with Crippen LogP contribution in [0, 0.1) is 0 Å². The summed E-state index contributed by atoms with van der Waals surface area (Å²) < 4.78 is 26.0. The van der Waals surface area contributed by atoms with Crippen molar-refractivity contribution in [2.45, 2.75) is 0 Å². The fourth-order valence-corrected chi connectivity index (χ4v) is 2.80. The molecular formula is C21H19NO7. The van der Waals surface area contributed by atoms with Crippen LogP contribution in [0.2, 0.25) is 0 Å². The van der Waals surface area contributed by atoms with Crippen LogP contribution in [0.3, 0.4) is 0 Å². The second kappa shape index (κ2) is 8.47. The highest BCUT2D eigenvalue weighted by Gasteiger charge is 2.27. The monoisotopic (exact) mass is 397 g/mol. The van der Waals surface area contributed by atoms with Crippen LogP contribution < -0.4 is 14.2 Å². The summed E-state index contributed by atoms with van der Waals surface area (Å²) in [7, 11) is 5.75. The number of aliphatic imine (C=N–C) groups is 1. The Morgan fingerprint density at radius 1 is 1.00 bits per heavy atom. The summed E-state index contributed by atoms with van der Waals surface area (Å²) in [4.78, 5) is 28.5. The predicted molar refractivity (Wildman–Crippen MR) is 104 cm³/mol. The molecule has 8 nitrogen and oxygen atoms in total. The summed E-state index contributed by atoms with van der Waals surface area (Å²) in [5.41, 5.74) is 1.32. The molecule has 1 aliphatic rings. The Morgan fingerprint density at radius 3 is 2.24 bits per heavy atom. The first-order valence-corrected chi connectivity index (χ1v) is 8.52. The Hall–Kier alpha value is -3.81. The van der Waals surface area contributed by atoms with Gasteiger partial charge in [0, 0.05) is 5.56 Å². The number of nitrogens with zero attached hydrogens (tertiary/aromatic N) is 1. The van der Waals surface area contributed by atoms with Gasteiger partial charge in [-0.05, 0) is 29.8 Å². The van der Waals surface area contributed by atoms with E-state index in [1.807, 2.05) is 0 Å². The Labute approximate surface area is 167 Å². The maximum absolute atomic E-state index is 12.3. The molecule has 3 rings (SSSR count). The molecule has 0 unspecified atom stereocenters. The van der Waals surface area contributed by atoms with Crippen LogP contribution in [-0.2, 0) is 14.3 Å². The van der Waals surface area contributed by atoms with Crippen molar-refractivity contribution in [1.82, 2.24) is 0 Å². The van der Waals surface area contributed by atoms with E-state index in [9.17, 15) is 9.59 Å². The van der Waals surface area contributed by atoms with E-state index in [0.717, 1.165) is 0 Å². The van der Waals surface area contributed by atoms with Crippen LogP contribution in [-0.4, -0.2) is 46.3 Å². The van der Waals surface area contributed by atoms with Crippen molar-refractivity contribution in [2.24, 2.45) is 4.99 Å². The molecule has 0 saturated heterocycles. The molecule has 0 radical (unpaired) electrons. The van der Waals surface area contributed by atoms with E-state index in [4.69, 9.17) is 23.7 Å². The molecule has 8 heteroatoms. The van der Waals surface area contributed by atoms with Crippen molar-refractivity contribution < 1.29 is 33.3 Å². The van der Waals surface area contributed by atoms with Crippen molar-refractivity contribution in [1.29, 1.82) is 0 Å². The third kappa shape index (κ3) is 3.91. The lowest BCUT2D eigenvalue weighted by Crippen LogP contribution is -2.07. The van der Waals surface area contributed by atoms with Gasteiger partial charge in [-0.15, -0.1) is 0 Å². The number of cyclic esters (lactones) is 1. The zero-order valence-corrected chi connectivity index (χ0v) is 16.3. The van der Waals surface area contributed by atoms with E-state index in [2.05, 4.69) is 4.99 Å². The lowest BCUT2D eigenvalue weighted by atomic mass is 10.1. The molecule has 0 aromatic heterocycles. The van der Waals surface area contributed by atoms with Crippen molar-refractivity contribution >= 4 is 23.9 Å². The summed E-state index contributed by atoms with van der Waals surface area (Å²) in [5, 5.41) is 0. The minimum atomic E-state index is -0.645. The Bertz CT molecular complexity index is 998. The normalized spacial score (nSPS) is 14.3. The Morgan fingerprint density at radius 2 is 1.66 bits per heavy atom. The van der Waals surface area contributed by atoms with Gasteiger partial charge >= 0.3 is 11.9 Å². The lowest BCUT2D eigenvalue weighted by Gasteiger charge is -2.13. The van der Waals surface area contributed by atoms with Gasteiger partial charge < -0.3 is 23.7 Å². The van der Waals surface area contributed by atoms with Crippen molar-refractivity contribution in [2.75, 3.05) is 28.4 Å². The van der Waals surface area contributed by atoms with E-state index >= 15 is 0 Å². The fraction of sp³-hybridized carbons (Fsp3) is 0.190. The second-order valence-electron chi connectivity index (χ2n) is 5.83. The van der Waals surface area contributed by atoms with Gasteiger partial charge in [0.05, 0.1) is 34.0 Å². The molecule has 0 aliphatic carbocycles. The molecule has 0 saturated carbocycles. The maximum Gasteiger partial charge on any atom is 0.363 e. The average molecular weight is 397 g/mol. The zero-order valence-electron chi connectivity index (χ0n) is 16.3. The molecule has 2 aromatic carbocycles. The number of rotatable bonds is 6. The van der Waals surface area contributed by atoms with Gasteiger partial charge in [-0.25, -0.2) is 14.6 Å². The molecule has 0 spiro atoms.